The molecule has 0 saturated carbocycles. The van der Waals surface area contributed by atoms with E-state index in [1.807, 2.05) is 6.92 Å². The molecule has 1 atom stereocenters. The zero-order chi connectivity index (χ0) is 13.1. The summed E-state index contributed by atoms with van der Waals surface area (Å²) in [5, 5.41) is 15.0. The number of rotatable bonds is 4. The second-order valence-corrected chi connectivity index (χ2v) is 5.26. The number of hydrogen-bond donors (Lipinski definition) is 3. The predicted molar refractivity (Wildman–Crippen MR) is 64.7 cm³/mol. The SMILES string of the molecule is CCC(C)(NC(=O)C1(C)CCNCC1)C(=O)O. The summed E-state index contributed by atoms with van der Waals surface area (Å²) in [5.74, 6) is -1.13. The van der Waals surface area contributed by atoms with Crippen LogP contribution in [0.2, 0.25) is 0 Å². The van der Waals surface area contributed by atoms with Crippen LogP contribution in [-0.2, 0) is 9.59 Å². The van der Waals surface area contributed by atoms with Gasteiger partial charge >= 0.3 is 5.97 Å². The van der Waals surface area contributed by atoms with E-state index in [4.69, 9.17) is 5.11 Å². The molecule has 5 nitrogen and oxygen atoms in total. The third-order valence-corrected chi connectivity index (χ3v) is 3.82. The first kappa shape index (κ1) is 14.0. The minimum Gasteiger partial charge on any atom is -0.480 e. The zero-order valence-electron chi connectivity index (χ0n) is 10.8. The third-order valence-electron chi connectivity index (χ3n) is 3.82. The number of carbonyl (C=O) groups is 2. The fraction of sp³-hybridized carbons (Fsp3) is 0.833. The van der Waals surface area contributed by atoms with Crippen molar-refractivity contribution in [1.82, 2.24) is 10.6 Å². The highest BCUT2D eigenvalue weighted by molar-refractivity contribution is 5.89. The Kier molecular flexibility index (Phi) is 4.14. The lowest BCUT2D eigenvalue weighted by molar-refractivity contribution is -0.149. The number of carbonyl (C=O) groups excluding carboxylic acids is 1. The summed E-state index contributed by atoms with van der Waals surface area (Å²) < 4.78 is 0. The number of carboxylic acids is 1. The van der Waals surface area contributed by atoms with Crippen LogP contribution in [0, 0.1) is 5.41 Å². The van der Waals surface area contributed by atoms with Gasteiger partial charge in [-0.15, -0.1) is 0 Å². The minimum atomic E-state index is -1.16. The molecule has 0 spiro atoms. The number of carboxylic acid groups (broad SMARTS) is 1. The van der Waals surface area contributed by atoms with Crippen LogP contribution in [0.3, 0.4) is 0 Å². The summed E-state index contributed by atoms with van der Waals surface area (Å²) in [4.78, 5) is 23.3. The summed E-state index contributed by atoms with van der Waals surface area (Å²) in [6, 6.07) is 0. The number of aliphatic carboxylic acids is 1. The monoisotopic (exact) mass is 242 g/mol. The van der Waals surface area contributed by atoms with Gasteiger partial charge in [0, 0.05) is 5.41 Å². The van der Waals surface area contributed by atoms with Crippen molar-refractivity contribution >= 4 is 11.9 Å². The van der Waals surface area contributed by atoms with Gasteiger partial charge in [-0.2, -0.15) is 0 Å². The molecule has 1 rings (SSSR count). The fourth-order valence-corrected chi connectivity index (χ4v) is 1.90. The molecule has 0 aliphatic carbocycles. The van der Waals surface area contributed by atoms with Gasteiger partial charge in [0.25, 0.3) is 0 Å². The van der Waals surface area contributed by atoms with Gasteiger partial charge in [0.05, 0.1) is 0 Å². The lowest BCUT2D eigenvalue weighted by Crippen LogP contribution is -2.57. The Bertz CT molecular complexity index is 311. The molecule has 1 saturated heterocycles. The van der Waals surface area contributed by atoms with E-state index in [1.54, 1.807) is 13.8 Å². The number of hydrogen-bond acceptors (Lipinski definition) is 3. The van der Waals surface area contributed by atoms with Gasteiger partial charge < -0.3 is 15.7 Å². The first-order chi connectivity index (χ1) is 7.84. The van der Waals surface area contributed by atoms with Gasteiger partial charge in [0.15, 0.2) is 0 Å². The van der Waals surface area contributed by atoms with E-state index in [9.17, 15) is 9.59 Å². The van der Waals surface area contributed by atoms with E-state index >= 15 is 0 Å². The quantitative estimate of drug-likeness (QED) is 0.679. The van der Waals surface area contributed by atoms with Crippen molar-refractivity contribution in [3.63, 3.8) is 0 Å². The van der Waals surface area contributed by atoms with Crippen LogP contribution >= 0.6 is 0 Å². The van der Waals surface area contributed by atoms with Crippen LogP contribution < -0.4 is 10.6 Å². The average Bonchev–Trinajstić information content (AvgIpc) is 2.29. The van der Waals surface area contributed by atoms with E-state index in [0.29, 0.717) is 6.42 Å². The average molecular weight is 242 g/mol. The highest BCUT2D eigenvalue weighted by Crippen LogP contribution is 2.29. The lowest BCUT2D eigenvalue weighted by Gasteiger charge is -2.36. The maximum Gasteiger partial charge on any atom is 0.329 e. The highest BCUT2D eigenvalue weighted by atomic mass is 16.4. The molecular formula is C12H22N2O3. The maximum atomic E-state index is 12.2. The molecular weight excluding hydrogens is 220 g/mol. The van der Waals surface area contributed by atoms with Crippen molar-refractivity contribution in [2.24, 2.45) is 5.41 Å². The van der Waals surface area contributed by atoms with Crippen LogP contribution in [0.25, 0.3) is 0 Å². The molecule has 1 aliphatic rings. The Labute approximate surface area is 102 Å². The highest BCUT2D eigenvalue weighted by Gasteiger charge is 2.40. The summed E-state index contributed by atoms with van der Waals surface area (Å²) >= 11 is 0. The summed E-state index contributed by atoms with van der Waals surface area (Å²) in [5.41, 5.74) is -1.61. The van der Waals surface area contributed by atoms with E-state index in [1.165, 1.54) is 0 Å². The molecule has 0 bridgehead atoms. The lowest BCUT2D eigenvalue weighted by atomic mass is 9.79. The molecule has 1 unspecified atom stereocenters. The van der Waals surface area contributed by atoms with Crippen LogP contribution in [-0.4, -0.2) is 35.6 Å². The molecule has 1 fully saturated rings. The number of amides is 1. The molecule has 1 aliphatic heterocycles. The Morgan fingerprint density at radius 2 is 1.94 bits per heavy atom. The molecule has 0 aromatic rings. The van der Waals surface area contributed by atoms with E-state index in [2.05, 4.69) is 10.6 Å². The van der Waals surface area contributed by atoms with Gasteiger partial charge in [-0.1, -0.05) is 13.8 Å². The van der Waals surface area contributed by atoms with Crippen molar-refractivity contribution in [3.05, 3.63) is 0 Å². The van der Waals surface area contributed by atoms with E-state index in [0.717, 1.165) is 25.9 Å². The van der Waals surface area contributed by atoms with E-state index in [-0.39, 0.29) is 5.91 Å². The van der Waals surface area contributed by atoms with Crippen molar-refractivity contribution < 1.29 is 14.7 Å². The molecule has 0 aromatic carbocycles. The molecule has 98 valence electrons. The zero-order valence-corrected chi connectivity index (χ0v) is 10.8. The van der Waals surface area contributed by atoms with Crippen molar-refractivity contribution in [2.45, 2.75) is 45.6 Å². The molecule has 0 aromatic heterocycles. The second-order valence-electron chi connectivity index (χ2n) is 5.26. The Morgan fingerprint density at radius 3 is 2.35 bits per heavy atom. The van der Waals surface area contributed by atoms with Gasteiger partial charge in [-0.05, 0) is 39.3 Å². The minimum absolute atomic E-state index is 0.147. The van der Waals surface area contributed by atoms with Crippen LogP contribution in [0.1, 0.15) is 40.0 Å². The van der Waals surface area contributed by atoms with Crippen molar-refractivity contribution in [3.8, 4) is 0 Å². The first-order valence-electron chi connectivity index (χ1n) is 6.11. The predicted octanol–water partition coefficient (Wildman–Crippen LogP) is 0.746. The van der Waals surface area contributed by atoms with Gasteiger partial charge in [-0.25, -0.2) is 4.79 Å². The summed E-state index contributed by atoms with van der Waals surface area (Å²) in [6.07, 6.45) is 1.87. The molecule has 3 N–H and O–H groups in total. The Balaban J connectivity index is 2.73. The number of piperidine rings is 1. The summed E-state index contributed by atoms with van der Waals surface area (Å²) in [6.45, 7) is 6.83. The fourth-order valence-electron chi connectivity index (χ4n) is 1.90. The molecule has 1 heterocycles. The number of nitrogens with one attached hydrogen (secondary N) is 2. The van der Waals surface area contributed by atoms with Gasteiger partial charge in [0.2, 0.25) is 5.91 Å². The molecule has 0 radical (unpaired) electrons. The molecule has 1 amide bonds. The maximum absolute atomic E-state index is 12.2. The van der Waals surface area contributed by atoms with Gasteiger partial charge in [0.1, 0.15) is 5.54 Å². The normalized spacial score (nSPS) is 22.5. The van der Waals surface area contributed by atoms with Crippen molar-refractivity contribution in [1.29, 1.82) is 0 Å². The second kappa shape index (κ2) is 5.04. The Morgan fingerprint density at radius 1 is 1.41 bits per heavy atom. The third kappa shape index (κ3) is 2.97. The van der Waals surface area contributed by atoms with Crippen LogP contribution in [0.5, 0.6) is 0 Å². The first-order valence-corrected chi connectivity index (χ1v) is 6.11. The Hall–Kier alpha value is -1.10. The molecule has 17 heavy (non-hydrogen) atoms. The largest absolute Gasteiger partial charge is 0.480 e. The summed E-state index contributed by atoms with van der Waals surface area (Å²) in [7, 11) is 0. The standard InChI is InChI=1S/C12H22N2O3/c1-4-12(3,10(16)17)14-9(15)11(2)5-7-13-8-6-11/h13H,4-8H2,1-3H3,(H,14,15)(H,16,17). The van der Waals surface area contributed by atoms with Gasteiger partial charge in [-0.3, -0.25) is 4.79 Å². The van der Waals surface area contributed by atoms with Crippen molar-refractivity contribution in [2.75, 3.05) is 13.1 Å². The smallest absolute Gasteiger partial charge is 0.329 e. The van der Waals surface area contributed by atoms with E-state index < -0.39 is 16.9 Å². The van der Waals surface area contributed by atoms with Crippen LogP contribution in [0.15, 0.2) is 0 Å². The topological polar surface area (TPSA) is 78.4 Å². The molecule has 5 heteroatoms. The van der Waals surface area contributed by atoms with Crippen LogP contribution in [0.4, 0.5) is 0 Å².